The van der Waals surface area contributed by atoms with E-state index < -0.39 is 0 Å². The van der Waals surface area contributed by atoms with Gasteiger partial charge in [-0.05, 0) is 53.9 Å². The fraction of sp³-hybridized carbons (Fsp3) is 0.192. The van der Waals surface area contributed by atoms with E-state index in [-0.39, 0.29) is 11.7 Å². The number of nitrogens with zero attached hydrogens (tertiary/aromatic N) is 4. The van der Waals surface area contributed by atoms with Gasteiger partial charge in [0.25, 0.3) is 0 Å². The first-order valence-electron chi connectivity index (χ1n) is 11.0. The molecule has 0 saturated heterocycles. The average molecular weight is 491 g/mol. The predicted molar refractivity (Wildman–Crippen MR) is 135 cm³/mol. The molecular formula is C26H23ClN4O2S. The van der Waals surface area contributed by atoms with E-state index in [1.165, 1.54) is 22.9 Å². The number of carbonyl (C=O) groups is 1. The first kappa shape index (κ1) is 22.5. The van der Waals surface area contributed by atoms with Crippen LogP contribution in [0.2, 0.25) is 5.02 Å². The Morgan fingerprint density at radius 2 is 1.74 bits per heavy atom. The first-order chi connectivity index (χ1) is 16.6. The molecule has 0 aliphatic carbocycles. The number of amides is 1. The Morgan fingerprint density at radius 1 is 1.00 bits per heavy atom. The predicted octanol–water partition coefficient (Wildman–Crippen LogP) is 5.27. The van der Waals surface area contributed by atoms with E-state index in [1.807, 2.05) is 64.1 Å². The van der Waals surface area contributed by atoms with Gasteiger partial charge in [0, 0.05) is 23.8 Å². The zero-order valence-corrected chi connectivity index (χ0v) is 20.2. The molecule has 8 heteroatoms. The Hall–Kier alpha value is -3.29. The van der Waals surface area contributed by atoms with Crippen molar-refractivity contribution in [2.24, 2.45) is 0 Å². The van der Waals surface area contributed by atoms with Crippen LogP contribution in [0.1, 0.15) is 11.1 Å². The number of methoxy groups -OCH3 is 1. The van der Waals surface area contributed by atoms with Crippen molar-refractivity contribution in [3.05, 3.63) is 88.9 Å². The summed E-state index contributed by atoms with van der Waals surface area (Å²) in [5, 5.41) is 10.2. The molecule has 0 saturated carbocycles. The maximum Gasteiger partial charge on any atom is 0.233 e. The fourth-order valence-corrected chi connectivity index (χ4v) is 5.10. The third-order valence-electron chi connectivity index (χ3n) is 5.87. The van der Waals surface area contributed by atoms with Gasteiger partial charge in [-0.25, -0.2) is 0 Å². The summed E-state index contributed by atoms with van der Waals surface area (Å²) in [5.74, 6) is 1.70. The van der Waals surface area contributed by atoms with E-state index in [1.54, 1.807) is 7.11 Å². The van der Waals surface area contributed by atoms with Gasteiger partial charge in [0.15, 0.2) is 11.0 Å². The topological polar surface area (TPSA) is 60.3 Å². The SMILES string of the molecule is COc1ccccc1-c1nnc(SCC(=O)N2CCc3ccccc3C2)n1-c1ccc(Cl)cc1. The molecule has 4 aromatic rings. The van der Waals surface area contributed by atoms with Crippen molar-refractivity contribution in [3.63, 3.8) is 0 Å². The molecule has 1 amide bonds. The Bertz CT molecular complexity index is 1320. The van der Waals surface area contributed by atoms with E-state index in [0.29, 0.717) is 28.3 Å². The lowest BCUT2D eigenvalue weighted by Crippen LogP contribution is -2.37. The van der Waals surface area contributed by atoms with E-state index in [9.17, 15) is 4.79 Å². The molecule has 0 radical (unpaired) electrons. The summed E-state index contributed by atoms with van der Waals surface area (Å²) < 4.78 is 7.50. The summed E-state index contributed by atoms with van der Waals surface area (Å²) in [6.07, 6.45) is 0.880. The van der Waals surface area contributed by atoms with E-state index in [4.69, 9.17) is 16.3 Å². The molecule has 172 valence electrons. The van der Waals surface area contributed by atoms with Gasteiger partial charge in [0.2, 0.25) is 5.91 Å². The average Bonchev–Trinajstić information content (AvgIpc) is 3.31. The third kappa shape index (κ3) is 4.54. The first-order valence-corrected chi connectivity index (χ1v) is 12.3. The van der Waals surface area contributed by atoms with Crippen LogP contribution in [0.25, 0.3) is 17.1 Å². The Kier molecular flexibility index (Phi) is 6.56. The van der Waals surface area contributed by atoms with Gasteiger partial charge in [-0.2, -0.15) is 0 Å². The normalized spacial score (nSPS) is 12.9. The molecule has 6 nitrogen and oxygen atoms in total. The summed E-state index contributed by atoms with van der Waals surface area (Å²) in [5.41, 5.74) is 4.22. The molecule has 3 aromatic carbocycles. The van der Waals surface area contributed by atoms with Gasteiger partial charge >= 0.3 is 0 Å². The highest BCUT2D eigenvalue weighted by Crippen LogP contribution is 2.33. The van der Waals surface area contributed by atoms with Crippen molar-refractivity contribution in [3.8, 4) is 22.8 Å². The quantitative estimate of drug-likeness (QED) is 0.344. The second-order valence-electron chi connectivity index (χ2n) is 7.94. The van der Waals surface area contributed by atoms with Crippen molar-refractivity contribution >= 4 is 29.3 Å². The van der Waals surface area contributed by atoms with Gasteiger partial charge < -0.3 is 9.64 Å². The van der Waals surface area contributed by atoms with Crippen LogP contribution in [-0.2, 0) is 17.8 Å². The highest BCUT2D eigenvalue weighted by molar-refractivity contribution is 7.99. The second kappa shape index (κ2) is 9.91. The summed E-state index contributed by atoms with van der Waals surface area (Å²) in [6, 6.07) is 23.5. The molecule has 0 spiro atoms. The smallest absolute Gasteiger partial charge is 0.233 e. The van der Waals surface area contributed by atoms with Gasteiger partial charge in [-0.3, -0.25) is 9.36 Å². The molecule has 1 aliphatic rings. The molecule has 0 bridgehead atoms. The number of hydrogen-bond donors (Lipinski definition) is 0. The molecule has 2 heterocycles. The largest absolute Gasteiger partial charge is 0.496 e. The van der Waals surface area contributed by atoms with Crippen molar-refractivity contribution < 1.29 is 9.53 Å². The summed E-state index contributed by atoms with van der Waals surface area (Å²) in [7, 11) is 1.63. The summed E-state index contributed by atoms with van der Waals surface area (Å²) >= 11 is 7.51. The number of para-hydroxylation sites is 1. The lowest BCUT2D eigenvalue weighted by molar-refractivity contribution is -0.129. The lowest BCUT2D eigenvalue weighted by Gasteiger charge is -2.28. The summed E-state index contributed by atoms with van der Waals surface area (Å²) in [4.78, 5) is 15.0. The third-order valence-corrected chi connectivity index (χ3v) is 7.04. The maximum absolute atomic E-state index is 13.1. The van der Waals surface area contributed by atoms with Crippen LogP contribution in [0.5, 0.6) is 5.75 Å². The number of hydrogen-bond acceptors (Lipinski definition) is 5. The van der Waals surface area contributed by atoms with Crippen LogP contribution in [-0.4, -0.2) is 45.0 Å². The Morgan fingerprint density at radius 3 is 2.53 bits per heavy atom. The Labute approximate surface area is 207 Å². The number of ether oxygens (including phenoxy) is 1. The molecule has 1 aromatic heterocycles. The van der Waals surface area contributed by atoms with Gasteiger partial charge in [-0.1, -0.05) is 59.8 Å². The molecule has 34 heavy (non-hydrogen) atoms. The highest BCUT2D eigenvalue weighted by atomic mass is 35.5. The van der Waals surface area contributed by atoms with E-state index >= 15 is 0 Å². The zero-order chi connectivity index (χ0) is 23.5. The van der Waals surface area contributed by atoms with Crippen LogP contribution in [0.4, 0.5) is 0 Å². The fourth-order valence-electron chi connectivity index (χ4n) is 4.12. The highest BCUT2D eigenvalue weighted by Gasteiger charge is 2.23. The molecule has 0 atom stereocenters. The number of benzene rings is 3. The molecule has 1 aliphatic heterocycles. The molecule has 5 rings (SSSR count). The Balaban J connectivity index is 1.42. The second-order valence-corrected chi connectivity index (χ2v) is 9.32. The molecule has 0 N–H and O–H groups in total. The minimum atomic E-state index is 0.0870. The number of thioether (sulfide) groups is 1. The number of fused-ring (bicyclic) bond motifs is 1. The van der Waals surface area contributed by atoms with Crippen LogP contribution >= 0.6 is 23.4 Å². The van der Waals surface area contributed by atoms with Gasteiger partial charge in [-0.15, -0.1) is 10.2 Å². The number of carbonyl (C=O) groups excluding carboxylic acids is 1. The molecular weight excluding hydrogens is 468 g/mol. The molecule has 0 unspecified atom stereocenters. The van der Waals surface area contributed by atoms with E-state index in [0.717, 1.165) is 24.2 Å². The van der Waals surface area contributed by atoms with Crippen LogP contribution < -0.4 is 4.74 Å². The minimum absolute atomic E-state index is 0.0870. The van der Waals surface area contributed by atoms with Crippen LogP contribution in [0.3, 0.4) is 0 Å². The van der Waals surface area contributed by atoms with Crippen molar-refractivity contribution in [1.29, 1.82) is 0 Å². The van der Waals surface area contributed by atoms with Crippen molar-refractivity contribution in [1.82, 2.24) is 19.7 Å². The minimum Gasteiger partial charge on any atom is -0.496 e. The van der Waals surface area contributed by atoms with Crippen molar-refractivity contribution in [2.45, 2.75) is 18.1 Å². The van der Waals surface area contributed by atoms with Crippen LogP contribution in [0.15, 0.2) is 78.0 Å². The van der Waals surface area contributed by atoms with E-state index in [2.05, 4.69) is 28.4 Å². The standard InChI is InChI=1S/C26H23ClN4O2S/c1-33-23-9-5-4-8-22(23)25-28-29-26(31(25)21-12-10-20(27)11-13-21)34-17-24(32)30-15-14-18-6-2-3-7-19(18)16-30/h2-13H,14-17H2,1H3. The number of rotatable bonds is 6. The zero-order valence-electron chi connectivity index (χ0n) is 18.6. The van der Waals surface area contributed by atoms with Crippen molar-refractivity contribution in [2.75, 3.05) is 19.4 Å². The lowest BCUT2D eigenvalue weighted by atomic mass is 10.00. The molecule has 0 fully saturated rings. The monoisotopic (exact) mass is 490 g/mol. The van der Waals surface area contributed by atoms with Crippen LogP contribution in [0, 0.1) is 0 Å². The number of halogens is 1. The summed E-state index contributed by atoms with van der Waals surface area (Å²) in [6.45, 7) is 1.37. The van der Waals surface area contributed by atoms with Gasteiger partial charge in [0.1, 0.15) is 5.75 Å². The number of aromatic nitrogens is 3. The maximum atomic E-state index is 13.1. The van der Waals surface area contributed by atoms with Gasteiger partial charge in [0.05, 0.1) is 18.4 Å².